The molecule has 0 aliphatic carbocycles. The van der Waals surface area contributed by atoms with Gasteiger partial charge in [-0.15, -0.1) is 0 Å². The lowest BCUT2D eigenvalue weighted by molar-refractivity contribution is -0.134. The summed E-state index contributed by atoms with van der Waals surface area (Å²) in [6.45, 7) is 4.47. The lowest BCUT2D eigenvalue weighted by Gasteiger charge is -2.27. The summed E-state index contributed by atoms with van der Waals surface area (Å²) in [5, 5.41) is 2.31. The molecule has 0 fully saturated rings. The largest absolute Gasteiger partial charge is 0.497 e. The maximum Gasteiger partial charge on any atom is 0.330 e. The zero-order valence-corrected chi connectivity index (χ0v) is 15.0. The van der Waals surface area contributed by atoms with Crippen LogP contribution < -0.4 is 9.92 Å². The molecule has 0 aliphatic rings. The van der Waals surface area contributed by atoms with E-state index in [1.54, 1.807) is 13.2 Å². The average molecular weight is 326 g/mol. The van der Waals surface area contributed by atoms with E-state index in [2.05, 4.69) is 25.2 Å². The predicted molar refractivity (Wildman–Crippen MR) is 96.5 cm³/mol. The van der Waals surface area contributed by atoms with Crippen molar-refractivity contribution in [3.63, 3.8) is 0 Å². The van der Waals surface area contributed by atoms with E-state index >= 15 is 0 Å². The molecule has 120 valence electrons. The molecule has 0 atom stereocenters. The quantitative estimate of drug-likeness (QED) is 0.480. The van der Waals surface area contributed by atoms with Crippen molar-refractivity contribution in [3.8, 4) is 5.75 Å². The van der Waals surface area contributed by atoms with Crippen molar-refractivity contribution in [3.05, 3.63) is 66.2 Å². The monoisotopic (exact) mass is 326 g/mol. The number of methoxy groups -OCH3 is 2. The molecule has 0 saturated heterocycles. The minimum atomic E-state index is -2.04. The second-order valence-corrected chi connectivity index (χ2v) is 10.2. The molecule has 0 heterocycles. The van der Waals surface area contributed by atoms with Gasteiger partial charge >= 0.3 is 5.97 Å². The van der Waals surface area contributed by atoms with Crippen LogP contribution in [0.15, 0.2) is 60.7 Å². The van der Waals surface area contributed by atoms with E-state index in [0.29, 0.717) is 0 Å². The molecular weight excluding hydrogens is 304 g/mol. The topological polar surface area (TPSA) is 35.5 Å². The number of carbonyl (C=O) groups is 1. The van der Waals surface area contributed by atoms with Crippen LogP contribution in [0.25, 0.3) is 5.20 Å². The highest BCUT2D eigenvalue weighted by Crippen LogP contribution is 2.27. The second-order valence-electron chi connectivity index (χ2n) is 5.80. The number of esters is 1. The fourth-order valence-corrected chi connectivity index (χ4v) is 5.29. The fraction of sp³-hybridized carbons (Fsp3) is 0.211. The summed E-state index contributed by atoms with van der Waals surface area (Å²) in [7, 11) is 1.01. The summed E-state index contributed by atoms with van der Waals surface area (Å²) in [5.41, 5.74) is 1.02. The molecule has 0 radical (unpaired) electrons. The Morgan fingerprint density at radius 1 is 0.957 bits per heavy atom. The van der Waals surface area contributed by atoms with Crippen LogP contribution in [-0.4, -0.2) is 28.3 Å². The van der Waals surface area contributed by atoms with Crippen molar-refractivity contribution in [2.45, 2.75) is 13.1 Å². The lowest BCUT2D eigenvalue weighted by Crippen LogP contribution is -2.43. The van der Waals surface area contributed by atoms with Crippen LogP contribution in [0.3, 0.4) is 0 Å². The molecule has 0 amide bonds. The van der Waals surface area contributed by atoms with Gasteiger partial charge in [-0.3, -0.25) is 0 Å². The highest BCUT2D eigenvalue weighted by atomic mass is 28.3. The van der Waals surface area contributed by atoms with E-state index in [1.165, 1.54) is 12.3 Å². The van der Waals surface area contributed by atoms with Gasteiger partial charge in [-0.05, 0) is 22.9 Å². The molecule has 0 N–H and O–H groups in total. The summed E-state index contributed by atoms with van der Waals surface area (Å²) in [6.07, 6.45) is 1.63. The van der Waals surface area contributed by atoms with E-state index < -0.39 is 8.07 Å². The minimum absolute atomic E-state index is 0.327. The molecular formula is C19H22O3Si. The third-order valence-electron chi connectivity index (χ3n) is 4.03. The van der Waals surface area contributed by atoms with Crippen molar-refractivity contribution in [1.82, 2.24) is 0 Å². The van der Waals surface area contributed by atoms with Gasteiger partial charge in [0.25, 0.3) is 0 Å². The molecule has 2 aromatic rings. The van der Waals surface area contributed by atoms with Crippen LogP contribution in [0, 0.1) is 0 Å². The molecule has 3 nitrogen and oxygen atoms in total. The number of hydrogen-bond donors (Lipinski definition) is 0. The van der Waals surface area contributed by atoms with Crippen molar-refractivity contribution >= 4 is 24.4 Å². The van der Waals surface area contributed by atoms with Crippen molar-refractivity contribution in [2.75, 3.05) is 14.2 Å². The molecule has 0 spiro atoms. The highest BCUT2D eigenvalue weighted by molar-refractivity contribution is 7.04. The standard InChI is InChI=1S/C19H22O3Si/c1-21-16-12-10-15(11-13-16)18(14-19(20)22-2)23(3,4)17-8-6-5-7-9-17/h5-14H,1-4H3/b18-14+. The third kappa shape index (κ3) is 3.90. The van der Waals surface area contributed by atoms with Gasteiger partial charge < -0.3 is 9.47 Å². The number of ether oxygens (including phenoxy) is 2. The first kappa shape index (κ1) is 17.0. The molecule has 0 aromatic heterocycles. The summed E-state index contributed by atoms with van der Waals surface area (Å²) in [4.78, 5) is 11.9. The van der Waals surface area contributed by atoms with Gasteiger partial charge in [-0.2, -0.15) is 0 Å². The Labute approximate surface area is 138 Å². The first-order valence-electron chi connectivity index (χ1n) is 7.49. The normalized spacial score (nSPS) is 11.9. The average Bonchev–Trinajstić information content (AvgIpc) is 2.60. The maximum atomic E-state index is 11.9. The van der Waals surface area contributed by atoms with E-state index in [4.69, 9.17) is 9.47 Å². The summed E-state index contributed by atoms with van der Waals surface area (Å²) < 4.78 is 10.1. The van der Waals surface area contributed by atoms with E-state index in [9.17, 15) is 4.79 Å². The Hall–Kier alpha value is -2.33. The molecule has 2 aromatic carbocycles. The van der Waals surface area contributed by atoms with Crippen molar-refractivity contribution < 1.29 is 14.3 Å². The number of rotatable bonds is 5. The van der Waals surface area contributed by atoms with Crippen LogP contribution in [0.4, 0.5) is 0 Å². The van der Waals surface area contributed by atoms with Crippen LogP contribution in [0.5, 0.6) is 5.75 Å². The third-order valence-corrected chi connectivity index (χ3v) is 7.59. The van der Waals surface area contributed by atoms with Crippen molar-refractivity contribution in [1.29, 1.82) is 0 Å². The number of carbonyl (C=O) groups excluding carboxylic acids is 1. The fourth-order valence-electron chi connectivity index (χ4n) is 2.58. The maximum absolute atomic E-state index is 11.9. The Balaban J connectivity index is 2.53. The van der Waals surface area contributed by atoms with Gasteiger partial charge in [0.05, 0.1) is 14.2 Å². The molecule has 0 saturated carbocycles. The van der Waals surface area contributed by atoms with Crippen LogP contribution in [0.1, 0.15) is 5.56 Å². The van der Waals surface area contributed by atoms with E-state index in [1.807, 2.05) is 42.5 Å². The molecule has 23 heavy (non-hydrogen) atoms. The Morgan fingerprint density at radius 3 is 2.09 bits per heavy atom. The highest BCUT2D eigenvalue weighted by Gasteiger charge is 2.30. The van der Waals surface area contributed by atoms with Gasteiger partial charge in [-0.1, -0.05) is 60.7 Å². The Kier molecular flexibility index (Phi) is 5.39. The smallest absolute Gasteiger partial charge is 0.330 e. The minimum Gasteiger partial charge on any atom is -0.497 e. The molecule has 2 rings (SSSR count). The molecule has 0 unspecified atom stereocenters. The van der Waals surface area contributed by atoms with Crippen molar-refractivity contribution in [2.24, 2.45) is 0 Å². The number of benzene rings is 2. The summed E-state index contributed by atoms with van der Waals surface area (Å²) in [6, 6.07) is 18.1. The van der Waals surface area contributed by atoms with Crippen LogP contribution >= 0.6 is 0 Å². The van der Waals surface area contributed by atoms with Gasteiger partial charge in [0.2, 0.25) is 0 Å². The van der Waals surface area contributed by atoms with Gasteiger partial charge in [0, 0.05) is 6.08 Å². The zero-order chi connectivity index (χ0) is 16.9. The second kappa shape index (κ2) is 7.29. The molecule has 0 bridgehead atoms. The van der Waals surface area contributed by atoms with Gasteiger partial charge in [0.15, 0.2) is 0 Å². The van der Waals surface area contributed by atoms with Crippen LogP contribution in [-0.2, 0) is 9.53 Å². The summed E-state index contributed by atoms with van der Waals surface area (Å²) >= 11 is 0. The molecule has 0 aliphatic heterocycles. The Bertz CT molecular complexity index is 688. The van der Waals surface area contributed by atoms with Gasteiger partial charge in [-0.25, -0.2) is 4.79 Å². The zero-order valence-electron chi connectivity index (χ0n) is 14.0. The summed E-state index contributed by atoms with van der Waals surface area (Å²) in [5.74, 6) is 0.470. The van der Waals surface area contributed by atoms with Gasteiger partial charge in [0.1, 0.15) is 13.8 Å². The predicted octanol–water partition coefficient (Wildman–Crippen LogP) is 3.41. The first-order valence-corrected chi connectivity index (χ1v) is 10.5. The first-order chi connectivity index (χ1) is 11.0. The van der Waals surface area contributed by atoms with E-state index in [0.717, 1.165) is 16.5 Å². The van der Waals surface area contributed by atoms with Crippen LogP contribution in [0.2, 0.25) is 13.1 Å². The number of hydrogen-bond acceptors (Lipinski definition) is 3. The Morgan fingerprint density at radius 2 is 1.57 bits per heavy atom. The lowest BCUT2D eigenvalue weighted by atomic mass is 10.2. The molecule has 4 heteroatoms. The van der Waals surface area contributed by atoms with E-state index in [-0.39, 0.29) is 5.97 Å². The SMILES string of the molecule is COC(=O)/C=C(\c1ccc(OC)cc1)[Si](C)(C)c1ccccc1.